The van der Waals surface area contributed by atoms with Gasteiger partial charge in [0.2, 0.25) is 5.69 Å². The van der Waals surface area contributed by atoms with Crippen molar-refractivity contribution >= 4 is 124 Å². The quantitative estimate of drug-likeness (QED) is 0.130. The summed E-state index contributed by atoms with van der Waals surface area (Å²) in [5.74, 6) is 0. The van der Waals surface area contributed by atoms with Crippen LogP contribution in [0.1, 0.15) is 5.56 Å². The molecule has 6 heterocycles. The molecule has 0 unspecified atom stereocenters. The van der Waals surface area contributed by atoms with Gasteiger partial charge in [0.1, 0.15) is 17.2 Å². The topological polar surface area (TPSA) is 76.9 Å². The Labute approximate surface area is 390 Å². The molecule has 9 aromatic carbocycles. The lowest BCUT2D eigenvalue weighted by molar-refractivity contribution is 0.669. The summed E-state index contributed by atoms with van der Waals surface area (Å²) >= 11 is 1.76. The minimum atomic E-state index is 0.359. The fourth-order valence-electron chi connectivity index (χ4n) is 11.4. The van der Waals surface area contributed by atoms with Crippen molar-refractivity contribution in [3.63, 3.8) is 0 Å². The van der Waals surface area contributed by atoms with Gasteiger partial charge in [-0.25, -0.2) is 4.85 Å². The second kappa shape index (κ2) is 13.6. The fourth-order valence-corrected chi connectivity index (χ4v) is 12.6. The number of fused-ring (bicyclic) bond motifs is 13. The molecule has 0 saturated carbocycles. The first-order valence-corrected chi connectivity index (χ1v) is 23.2. The third-order valence-corrected chi connectivity index (χ3v) is 15.3. The Bertz CT molecular complexity index is 4670. The van der Waals surface area contributed by atoms with E-state index in [-0.39, 0.29) is 0 Å². The second-order valence-electron chi connectivity index (χ2n) is 17.4. The van der Waals surface area contributed by atoms with Crippen LogP contribution in [0, 0.1) is 17.9 Å². The van der Waals surface area contributed by atoms with Crippen LogP contribution in [-0.4, -0.2) is 19.1 Å². The molecule has 0 aliphatic heterocycles. The lowest BCUT2D eigenvalue weighted by Gasteiger charge is -2.25. The number of benzene rings is 9. The molecular formula is C60H30N6OS. The molecule has 0 saturated heterocycles. The third-order valence-electron chi connectivity index (χ3n) is 14.1. The molecule has 0 bridgehead atoms. The summed E-state index contributed by atoms with van der Waals surface area (Å²) in [6, 6.07) is 57.0. The summed E-state index contributed by atoms with van der Waals surface area (Å²) in [4.78, 5) is 14.4. The van der Waals surface area contributed by atoms with Crippen LogP contribution in [0.5, 0.6) is 0 Å². The molecule has 0 amide bonds. The van der Waals surface area contributed by atoms with Crippen molar-refractivity contribution in [2.75, 3.05) is 0 Å². The largest absolute Gasteiger partial charge is 0.456 e. The molecule has 0 aliphatic carbocycles. The van der Waals surface area contributed by atoms with E-state index in [1.54, 1.807) is 11.3 Å². The number of hydrogen-bond donors (Lipinski definition) is 0. The van der Waals surface area contributed by atoms with Crippen LogP contribution < -0.4 is 0 Å². The number of hydrogen-bond acceptors (Lipinski definition) is 5. The van der Waals surface area contributed by atoms with Gasteiger partial charge in [0.25, 0.3) is 0 Å². The van der Waals surface area contributed by atoms with Crippen molar-refractivity contribution in [1.82, 2.24) is 19.1 Å². The van der Waals surface area contributed by atoms with E-state index < -0.39 is 0 Å². The molecule has 68 heavy (non-hydrogen) atoms. The van der Waals surface area contributed by atoms with Crippen LogP contribution >= 0.6 is 11.3 Å². The number of pyridine rings is 2. The molecule has 7 nitrogen and oxygen atoms in total. The Hall–Kier alpha value is -9.34. The van der Waals surface area contributed by atoms with Gasteiger partial charge < -0.3 is 13.6 Å². The number of thiophene rings is 1. The monoisotopic (exact) mass is 882 g/mol. The second-order valence-corrected chi connectivity index (χ2v) is 18.5. The van der Waals surface area contributed by atoms with Gasteiger partial charge in [0.15, 0.2) is 0 Å². The van der Waals surface area contributed by atoms with Crippen molar-refractivity contribution in [3.05, 3.63) is 199 Å². The lowest BCUT2D eigenvalue weighted by Crippen LogP contribution is -2.09. The van der Waals surface area contributed by atoms with E-state index in [2.05, 4.69) is 111 Å². The maximum absolute atomic E-state index is 12.0. The summed E-state index contributed by atoms with van der Waals surface area (Å²) in [5.41, 5.74) is 10.2. The maximum Gasteiger partial charge on any atom is 0.220 e. The van der Waals surface area contributed by atoms with E-state index in [1.807, 2.05) is 91.5 Å². The first-order chi connectivity index (χ1) is 33.7. The molecule has 15 rings (SSSR count). The Kier molecular flexibility index (Phi) is 7.39. The SMILES string of the molecule is [C-]#[N+]c1c(-c2ccccc2)c(C#N)c(-n2c3cc4c(cc3c3ccc5c6ccccc6sc5c32)oc2ccccc24)c(-c2ccccc2)c1-n1c2cncc3c4ccccc4c4cncc1c4c32. The summed E-state index contributed by atoms with van der Waals surface area (Å²) < 4.78 is 13.4. The van der Waals surface area contributed by atoms with Crippen LogP contribution in [0.2, 0.25) is 0 Å². The first kappa shape index (κ1) is 36.9. The Morgan fingerprint density at radius 1 is 0.500 bits per heavy atom. The van der Waals surface area contributed by atoms with E-state index in [0.29, 0.717) is 28.2 Å². The van der Waals surface area contributed by atoms with E-state index in [1.165, 1.54) is 10.1 Å². The average Bonchev–Trinajstić information content (AvgIpc) is 4.15. The molecule has 312 valence electrons. The minimum Gasteiger partial charge on any atom is -0.456 e. The smallest absolute Gasteiger partial charge is 0.220 e. The summed E-state index contributed by atoms with van der Waals surface area (Å²) in [6.45, 7) is 9.31. The predicted octanol–water partition coefficient (Wildman–Crippen LogP) is 16.4. The molecule has 0 radical (unpaired) electrons. The first-order valence-electron chi connectivity index (χ1n) is 22.4. The van der Waals surface area contributed by atoms with E-state index in [4.69, 9.17) is 14.4 Å². The van der Waals surface area contributed by atoms with Gasteiger partial charge in [0, 0.05) is 82.1 Å². The standard InChI is InChI=1S/C60H30N6OS/c1-62-56-52(33-14-4-2-5-15-33)43(28-61)57(53(34-16-6-3-7-17-34)59(56)65-47-31-63-29-44-35-18-8-9-19-36(35)45-30-64-32-48(65)55(45)54(44)47)66-46-26-42-37-20-10-12-22-49(37)67-50(42)27-41(46)39-24-25-40-38-21-11-13-23-51(38)68-60(40)58(39)66/h2-27,29-32H. The molecule has 6 aromatic heterocycles. The van der Waals surface area contributed by atoms with Gasteiger partial charge in [-0.3, -0.25) is 9.97 Å². The zero-order valence-electron chi connectivity index (χ0n) is 35.8. The van der Waals surface area contributed by atoms with Crippen LogP contribution in [0.15, 0.2) is 187 Å². The predicted molar refractivity (Wildman–Crippen MR) is 279 cm³/mol. The number of para-hydroxylation sites is 1. The molecule has 0 spiro atoms. The number of aromatic nitrogens is 4. The molecular weight excluding hydrogens is 853 g/mol. The molecule has 8 heteroatoms. The van der Waals surface area contributed by atoms with Crippen LogP contribution in [0.4, 0.5) is 5.69 Å². The van der Waals surface area contributed by atoms with Crippen molar-refractivity contribution < 1.29 is 4.42 Å². The van der Waals surface area contributed by atoms with Crippen LogP contribution in [0.3, 0.4) is 0 Å². The molecule has 0 atom stereocenters. The highest BCUT2D eigenvalue weighted by atomic mass is 32.1. The molecule has 0 aliphatic rings. The average molecular weight is 883 g/mol. The zero-order chi connectivity index (χ0) is 44.8. The fraction of sp³-hybridized carbons (Fsp3) is 0. The lowest BCUT2D eigenvalue weighted by atomic mass is 9.88. The van der Waals surface area contributed by atoms with Crippen molar-refractivity contribution in [3.8, 4) is 39.7 Å². The van der Waals surface area contributed by atoms with Gasteiger partial charge in [-0.2, -0.15) is 5.26 Å². The minimum absolute atomic E-state index is 0.359. The number of nitriles is 1. The summed E-state index contributed by atoms with van der Waals surface area (Å²) in [7, 11) is 0. The Morgan fingerprint density at radius 3 is 1.78 bits per heavy atom. The van der Waals surface area contributed by atoms with Crippen LogP contribution in [-0.2, 0) is 0 Å². The molecule has 15 aromatic rings. The van der Waals surface area contributed by atoms with Crippen LogP contribution in [0.25, 0.3) is 146 Å². The Balaban J connectivity index is 1.25. The highest BCUT2D eigenvalue weighted by molar-refractivity contribution is 7.26. The van der Waals surface area contributed by atoms with Crippen molar-refractivity contribution in [2.24, 2.45) is 0 Å². The number of furan rings is 1. The van der Waals surface area contributed by atoms with Crippen molar-refractivity contribution in [2.45, 2.75) is 0 Å². The molecule has 0 fully saturated rings. The zero-order valence-corrected chi connectivity index (χ0v) is 36.6. The normalized spacial score (nSPS) is 12.1. The maximum atomic E-state index is 12.0. The van der Waals surface area contributed by atoms with Gasteiger partial charge in [0.05, 0.1) is 62.7 Å². The highest BCUT2D eigenvalue weighted by Crippen LogP contribution is 2.54. The van der Waals surface area contributed by atoms with E-state index >= 15 is 0 Å². The summed E-state index contributed by atoms with van der Waals surface area (Å²) in [6.07, 6.45) is 7.75. The van der Waals surface area contributed by atoms with Gasteiger partial charge in [-0.05, 0) is 46.2 Å². The Morgan fingerprint density at radius 2 is 1.10 bits per heavy atom. The number of rotatable bonds is 4. The highest BCUT2D eigenvalue weighted by Gasteiger charge is 2.33. The summed E-state index contributed by atoms with van der Waals surface area (Å²) in [5, 5.41) is 24.7. The number of nitrogens with zero attached hydrogens (tertiary/aromatic N) is 6. The van der Waals surface area contributed by atoms with E-state index in [9.17, 15) is 11.8 Å². The van der Waals surface area contributed by atoms with Gasteiger partial charge in [-0.15, -0.1) is 11.3 Å². The van der Waals surface area contributed by atoms with Crippen molar-refractivity contribution in [1.29, 1.82) is 5.26 Å². The van der Waals surface area contributed by atoms with E-state index in [0.717, 1.165) is 114 Å². The third kappa shape index (κ3) is 4.73. The molecule has 0 N–H and O–H groups in total. The van der Waals surface area contributed by atoms with Gasteiger partial charge in [-0.1, -0.05) is 133 Å². The van der Waals surface area contributed by atoms with Gasteiger partial charge >= 0.3 is 0 Å².